The highest BCUT2D eigenvalue weighted by atomic mass is 35.5. The van der Waals surface area contributed by atoms with Crippen molar-refractivity contribution in [1.29, 1.82) is 0 Å². The van der Waals surface area contributed by atoms with Crippen LogP contribution >= 0.6 is 23.2 Å². The van der Waals surface area contributed by atoms with Crippen LogP contribution in [0.5, 0.6) is 0 Å². The number of rotatable bonds is 2. The summed E-state index contributed by atoms with van der Waals surface area (Å²) in [6.45, 7) is 0.675. The highest BCUT2D eigenvalue weighted by Crippen LogP contribution is 2.23. The number of carbonyl (C=O) groups is 1. The number of nitrogens with zero attached hydrogens (tertiary/aromatic N) is 1. The van der Waals surface area contributed by atoms with E-state index in [2.05, 4.69) is 0 Å². The smallest absolute Gasteiger partial charge is 0.254 e. The molecule has 1 aliphatic rings. The summed E-state index contributed by atoms with van der Waals surface area (Å²) in [5.41, 5.74) is 0.484. The molecule has 1 amide bonds. The van der Waals surface area contributed by atoms with Crippen LogP contribution < -0.4 is 0 Å². The Bertz CT molecular complexity index is 445. The first kappa shape index (κ1) is 14.6. The maximum absolute atomic E-state index is 12.5. The van der Waals surface area contributed by atoms with Gasteiger partial charge in [-0.05, 0) is 31.0 Å². The first-order valence-corrected chi connectivity index (χ1v) is 7.25. The van der Waals surface area contributed by atoms with Crippen LogP contribution in [0.4, 0.5) is 0 Å². The van der Waals surface area contributed by atoms with Crippen molar-refractivity contribution in [3.8, 4) is 0 Å². The van der Waals surface area contributed by atoms with E-state index in [9.17, 15) is 9.90 Å². The van der Waals surface area contributed by atoms with Crippen LogP contribution in [0.1, 0.15) is 36.0 Å². The minimum absolute atomic E-state index is 0.0000376. The molecule has 1 atom stereocenters. The predicted octanol–water partition coefficient (Wildman–Crippen LogP) is 3.37. The highest BCUT2D eigenvalue weighted by molar-refractivity contribution is 6.35. The third-order valence-corrected chi connectivity index (χ3v) is 3.89. The van der Waals surface area contributed by atoms with Gasteiger partial charge < -0.3 is 10.0 Å². The van der Waals surface area contributed by atoms with Crippen molar-refractivity contribution in [2.45, 2.75) is 31.7 Å². The molecule has 1 unspecified atom stereocenters. The van der Waals surface area contributed by atoms with Gasteiger partial charge in [0.25, 0.3) is 5.91 Å². The van der Waals surface area contributed by atoms with E-state index in [0.29, 0.717) is 22.2 Å². The number of aliphatic hydroxyl groups is 1. The minimum Gasteiger partial charge on any atom is -0.394 e. The summed E-state index contributed by atoms with van der Waals surface area (Å²) in [7, 11) is 0. The molecule has 0 aromatic heterocycles. The zero-order chi connectivity index (χ0) is 13.8. The van der Waals surface area contributed by atoms with E-state index in [1.807, 2.05) is 0 Å². The van der Waals surface area contributed by atoms with Crippen LogP contribution in [0.25, 0.3) is 0 Å². The molecule has 1 aromatic rings. The summed E-state index contributed by atoms with van der Waals surface area (Å²) in [4.78, 5) is 14.3. The van der Waals surface area contributed by atoms with Crippen LogP contribution in [0.2, 0.25) is 10.0 Å². The molecule has 0 spiro atoms. The minimum atomic E-state index is -0.106. The molecule has 1 saturated heterocycles. The van der Waals surface area contributed by atoms with Gasteiger partial charge in [0.15, 0.2) is 0 Å². The summed E-state index contributed by atoms with van der Waals surface area (Å²) in [6.07, 6.45) is 3.95. The molecule has 1 heterocycles. The molecule has 5 heteroatoms. The molecule has 0 aliphatic carbocycles. The van der Waals surface area contributed by atoms with Crippen LogP contribution in [0, 0.1) is 0 Å². The summed E-state index contributed by atoms with van der Waals surface area (Å²) < 4.78 is 0. The van der Waals surface area contributed by atoms with Crippen molar-refractivity contribution in [2.75, 3.05) is 13.2 Å². The average molecular weight is 302 g/mol. The van der Waals surface area contributed by atoms with Crippen LogP contribution in [0.3, 0.4) is 0 Å². The maximum atomic E-state index is 12.5. The topological polar surface area (TPSA) is 40.5 Å². The lowest BCUT2D eigenvalue weighted by molar-refractivity contribution is 0.0600. The second kappa shape index (κ2) is 6.60. The van der Waals surface area contributed by atoms with Gasteiger partial charge in [0.1, 0.15) is 0 Å². The fourth-order valence-electron chi connectivity index (χ4n) is 2.48. The molecule has 19 heavy (non-hydrogen) atoms. The Labute approximate surface area is 123 Å². The van der Waals surface area contributed by atoms with Gasteiger partial charge in [-0.2, -0.15) is 0 Å². The molecule has 1 aliphatic heterocycles. The van der Waals surface area contributed by atoms with E-state index >= 15 is 0 Å². The van der Waals surface area contributed by atoms with Gasteiger partial charge >= 0.3 is 0 Å². The van der Waals surface area contributed by atoms with Crippen LogP contribution in [-0.2, 0) is 0 Å². The van der Waals surface area contributed by atoms with Gasteiger partial charge in [-0.1, -0.05) is 36.0 Å². The largest absolute Gasteiger partial charge is 0.394 e. The Morgan fingerprint density at radius 1 is 1.21 bits per heavy atom. The molecular weight excluding hydrogens is 285 g/mol. The third kappa shape index (κ3) is 3.62. The summed E-state index contributed by atoms with van der Waals surface area (Å²) in [5, 5.41) is 10.3. The number of likely N-dealkylation sites (tertiary alicyclic amines) is 1. The van der Waals surface area contributed by atoms with Crippen molar-refractivity contribution < 1.29 is 9.90 Å². The number of carbonyl (C=O) groups excluding carboxylic acids is 1. The number of hydrogen-bond acceptors (Lipinski definition) is 2. The fraction of sp³-hybridized carbons (Fsp3) is 0.500. The van der Waals surface area contributed by atoms with Crippen molar-refractivity contribution in [3.63, 3.8) is 0 Å². The number of aliphatic hydroxyl groups excluding tert-OH is 1. The monoisotopic (exact) mass is 301 g/mol. The van der Waals surface area contributed by atoms with E-state index in [1.54, 1.807) is 23.1 Å². The Kier molecular flexibility index (Phi) is 5.08. The zero-order valence-corrected chi connectivity index (χ0v) is 12.1. The number of benzene rings is 1. The standard InChI is InChI=1S/C14H17Cl2NO2/c15-11-6-10(7-12(16)8-11)14(19)17-5-3-1-2-4-13(17)9-18/h6-8,13,18H,1-5,9H2. The maximum Gasteiger partial charge on any atom is 0.254 e. The van der Waals surface area contributed by atoms with Gasteiger partial charge in [0.2, 0.25) is 0 Å². The van der Waals surface area contributed by atoms with E-state index in [4.69, 9.17) is 23.2 Å². The molecule has 0 saturated carbocycles. The van der Waals surface area contributed by atoms with Crippen molar-refractivity contribution >= 4 is 29.1 Å². The third-order valence-electron chi connectivity index (χ3n) is 3.46. The number of hydrogen-bond donors (Lipinski definition) is 1. The van der Waals surface area contributed by atoms with Crippen LogP contribution in [-0.4, -0.2) is 35.1 Å². The molecule has 1 aromatic carbocycles. The Morgan fingerprint density at radius 3 is 2.53 bits per heavy atom. The van der Waals surface area contributed by atoms with Gasteiger partial charge in [-0.15, -0.1) is 0 Å². The molecular formula is C14H17Cl2NO2. The highest BCUT2D eigenvalue weighted by Gasteiger charge is 2.26. The first-order valence-electron chi connectivity index (χ1n) is 6.49. The lowest BCUT2D eigenvalue weighted by atomic mass is 10.1. The molecule has 104 valence electrons. The van der Waals surface area contributed by atoms with Gasteiger partial charge in [-0.25, -0.2) is 0 Å². The molecule has 0 bridgehead atoms. The molecule has 0 radical (unpaired) electrons. The van der Waals surface area contributed by atoms with Gasteiger partial charge in [0, 0.05) is 22.2 Å². The van der Waals surface area contributed by atoms with E-state index < -0.39 is 0 Å². The summed E-state index contributed by atoms with van der Waals surface area (Å²) in [5.74, 6) is -0.106. The number of amides is 1. The molecule has 3 nitrogen and oxygen atoms in total. The quantitative estimate of drug-likeness (QED) is 0.910. The Balaban J connectivity index is 2.25. The normalized spacial score (nSPS) is 20.2. The second-order valence-corrected chi connectivity index (χ2v) is 5.72. The lowest BCUT2D eigenvalue weighted by Crippen LogP contribution is -2.42. The van der Waals surface area contributed by atoms with E-state index in [0.717, 1.165) is 25.7 Å². The summed E-state index contributed by atoms with van der Waals surface area (Å²) in [6, 6.07) is 4.74. The van der Waals surface area contributed by atoms with Gasteiger partial charge in [-0.3, -0.25) is 4.79 Å². The van der Waals surface area contributed by atoms with Crippen LogP contribution in [0.15, 0.2) is 18.2 Å². The Hall–Kier alpha value is -0.770. The zero-order valence-electron chi connectivity index (χ0n) is 10.6. The van der Waals surface area contributed by atoms with Crippen molar-refractivity contribution in [2.24, 2.45) is 0 Å². The number of halogens is 2. The summed E-state index contributed by atoms with van der Waals surface area (Å²) >= 11 is 11.9. The Morgan fingerprint density at radius 2 is 1.89 bits per heavy atom. The molecule has 2 rings (SSSR count). The lowest BCUT2D eigenvalue weighted by Gasteiger charge is -2.28. The second-order valence-electron chi connectivity index (χ2n) is 4.84. The van der Waals surface area contributed by atoms with E-state index in [1.165, 1.54) is 0 Å². The molecule has 1 fully saturated rings. The predicted molar refractivity (Wildman–Crippen MR) is 76.8 cm³/mol. The SMILES string of the molecule is O=C(c1cc(Cl)cc(Cl)c1)N1CCCCCC1CO. The van der Waals surface area contributed by atoms with Crippen molar-refractivity contribution in [3.05, 3.63) is 33.8 Å². The first-order chi connectivity index (χ1) is 9.11. The van der Waals surface area contributed by atoms with Crippen molar-refractivity contribution in [1.82, 2.24) is 4.90 Å². The molecule has 1 N–H and O–H groups in total. The fourth-order valence-corrected chi connectivity index (χ4v) is 3.00. The van der Waals surface area contributed by atoms with E-state index in [-0.39, 0.29) is 18.6 Å². The van der Waals surface area contributed by atoms with Gasteiger partial charge in [0.05, 0.1) is 12.6 Å². The average Bonchev–Trinajstić information content (AvgIpc) is 2.61.